The molecule has 0 radical (unpaired) electrons. The maximum Gasteiger partial charge on any atom is 0.269 e. The van der Waals surface area contributed by atoms with E-state index in [4.69, 9.17) is 5.73 Å². The summed E-state index contributed by atoms with van der Waals surface area (Å²) >= 11 is 0. The summed E-state index contributed by atoms with van der Waals surface area (Å²) < 4.78 is 0. The Balaban J connectivity index is 1.72. The Morgan fingerprint density at radius 1 is 1.00 bits per heavy atom. The van der Waals surface area contributed by atoms with Crippen molar-refractivity contribution < 1.29 is 4.92 Å². The molecule has 3 rings (SSSR count). The maximum atomic E-state index is 10.6. The van der Waals surface area contributed by atoms with Gasteiger partial charge in [-0.25, -0.2) is 0 Å². The molecule has 5 N–H and O–H groups in total. The second-order valence-electron chi connectivity index (χ2n) is 5.37. The molecule has 0 bridgehead atoms. The normalized spacial score (nSPS) is 16.4. The van der Waals surface area contributed by atoms with Gasteiger partial charge in [0.1, 0.15) is 0 Å². The van der Waals surface area contributed by atoms with Gasteiger partial charge in [0.25, 0.3) is 5.69 Å². The number of nitro benzene ring substituents is 1. The lowest BCUT2D eigenvalue weighted by molar-refractivity contribution is -0.384. The molecule has 1 fully saturated rings. The van der Waals surface area contributed by atoms with E-state index in [0.29, 0.717) is 13.1 Å². The van der Waals surface area contributed by atoms with Gasteiger partial charge in [0.05, 0.1) is 10.5 Å². The number of hydrogen-bond donors (Lipinski definition) is 4. The fraction of sp³-hybridized carbons (Fsp3) is 0.200. The summed E-state index contributed by atoms with van der Waals surface area (Å²) in [5.74, 6) is 0. The van der Waals surface area contributed by atoms with Gasteiger partial charge in [-0.1, -0.05) is 12.1 Å². The lowest BCUT2D eigenvalue weighted by atomic mass is 9.92. The molecule has 0 aromatic heterocycles. The summed E-state index contributed by atoms with van der Waals surface area (Å²) in [6, 6.07) is 14.2. The third-order valence-electron chi connectivity index (χ3n) is 3.76. The molecule has 2 aromatic carbocycles. The van der Waals surface area contributed by atoms with E-state index in [1.807, 2.05) is 24.3 Å². The number of benzene rings is 2. The van der Waals surface area contributed by atoms with Gasteiger partial charge in [0.15, 0.2) is 0 Å². The molecule has 0 aliphatic carbocycles. The number of non-ortho nitro benzene ring substituents is 1. The van der Waals surface area contributed by atoms with Crippen LogP contribution in [0.5, 0.6) is 0 Å². The molecule has 0 amide bonds. The summed E-state index contributed by atoms with van der Waals surface area (Å²) in [6.07, 6.45) is 0. The van der Waals surface area contributed by atoms with Crippen LogP contribution in [0.3, 0.4) is 0 Å². The summed E-state index contributed by atoms with van der Waals surface area (Å²) in [5.41, 5.74) is 14.8. The number of rotatable bonds is 4. The Bertz CT molecular complexity index is 663. The van der Waals surface area contributed by atoms with Crippen molar-refractivity contribution in [2.75, 3.05) is 18.4 Å². The van der Waals surface area contributed by atoms with Gasteiger partial charge in [-0.3, -0.25) is 21.0 Å². The van der Waals surface area contributed by atoms with Gasteiger partial charge in [0.2, 0.25) is 0 Å². The number of nitrogens with two attached hydrogens (primary N) is 1. The van der Waals surface area contributed by atoms with Crippen LogP contribution in [0.25, 0.3) is 0 Å². The molecule has 114 valence electrons. The fourth-order valence-corrected chi connectivity index (χ4v) is 2.43. The zero-order valence-corrected chi connectivity index (χ0v) is 11.9. The highest BCUT2D eigenvalue weighted by molar-refractivity contribution is 5.61. The zero-order chi connectivity index (χ0) is 15.6. The van der Waals surface area contributed by atoms with Crippen molar-refractivity contribution in [3.63, 3.8) is 0 Å². The lowest BCUT2D eigenvalue weighted by Crippen LogP contribution is -2.41. The second-order valence-corrected chi connectivity index (χ2v) is 5.37. The Morgan fingerprint density at radius 2 is 1.50 bits per heavy atom. The highest BCUT2D eigenvalue weighted by Crippen LogP contribution is 2.24. The number of nitrogens with one attached hydrogen (secondary N) is 3. The summed E-state index contributed by atoms with van der Waals surface area (Å²) in [6.45, 7) is 1.37. The van der Waals surface area contributed by atoms with E-state index in [1.54, 1.807) is 12.1 Å². The Hall–Kier alpha value is -2.48. The van der Waals surface area contributed by atoms with E-state index in [1.165, 1.54) is 12.1 Å². The quantitative estimate of drug-likeness (QED) is 0.505. The fourth-order valence-electron chi connectivity index (χ4n) is 2.43. The monoisotopic (exact) mass is 299 g/mol. The Kier molecular flexibility index (Phi) is 3.76. The van der Waals surface area contributed by atoms with E-state index in [2.05, 4.69) is 16.2 Å². The number of nitro groups is 1. The summed E-state index contributed by atoms with van der Waals surface area (Å²) in [4.78, 5) is 10.2. The van der Waals surface area contributed by atoms with Crippen molar-refractivity contribution >= 4 is 17.1 Å². The first-order valence-electron chi connectivity index (χ1n) is 6.93. The molecular formula is C15H17N5O2. The van der Waals surface area contributed by atoms with Crippen LogP contribution in [-0.2, 0) is 5.54 Å². The van der Waals surface area contributed by atoms with Gasteiger partial charge < -0.3 is 11.1 Å². The number of nitrogens with zero attached hydrogens (tertiary/aromatic N) is 1. The second kappa shape index (κ2) is 5.72. The zero-order valence-electron chi connectivity index (χ0n) is 11.9. The van der Waals surface area contributed by atoms with E-state index in [-0.39, 0.29) is 5.69 Å². The van der Waals surface area contributed by atoms with Gasteiger partial charge in [-0.15, -0.1) is 0 Å². The van der Waals surface area contributed by atoms with Crippen LogP contribution in [-0.4, -0.2) is 18.0 Å². The number of hydrogen-bond acceptors (Lipinski definition) is 6. The van der Waals surface area contributed by atoms with E-state index in [0.717, 1.165) is 16.9 Å². The maximum absolute atomic E-state index is 10.6. The van der Waals surface area contributed by atoms with Crippen LogP contribution < -0.4 is 21.9 Å². The third-order valence-corrected chi connectivity index (χ3v) is 3.76. The Morgan fingerprint density at radius 3 is 2.00 bits per heavy atom. The standard InChI is InChI=1S/C15H17N5O2/c16-15(9-17-18-10-15)11-1-3-12(4-2-11)19-13-5-7-14(8-6-13)20(21)22/h1-8,17-19H,9-10,16H2. The van der Waals surface area contributed by atoms with Gasteiger partial charge in [0, 0.05) is 36.6 Å². The molecule has 1 aliphatic heterocycles. The van der Waals surface area contributed by atoms with Crippen LogP contribution >= 0.6 is 0 Å². The summed E-state index contributed by atoms with van der Waals surface area (Å²) in [5, 5.41) is 13.8. The Labute approximate surface area is 127 Å². The molecule has 0 atom stereocenters. The molecule has 7 nitrogen and oxygen atoms in total. The highest BCUT2D eigenvalue weighted by atomic mass is 16.6. The highest BCUT2D eigenvalue weighted by Gasteiger charge is 2.30. The lowest BCUT2D eigenvalue weighted by Gasteiger charge is -2.22. The molecule has 7 heteroatoms. The SMILES string of the molecule is NC1(c2ccc(Nc3ccc([N+](=O)[O-])cc3)cc2)CNNC1. The van der Waals surface area contributed by atoms with E-state index >= 15 is 0 Å². The van der Waals surface area contributed by atoms with Crippen molar-refractivity contribution in [1.29, 1.82) is 0 Å². The van der Waals surface area contributed by atoms with Gasteiger partial charge in [-0.2, -0.15) is 0 Å². The first kappa shape index (κ1) is 14.5. The summed E-state index contributed by atoms with van der Waals surface area (Å²) in [7, 11) is 0. The topological polar surface area (TPSA) is 105 Å². The molecule has 1 aliphatic rings. The molecule has 1 saturated heterocycles. The molecule has 1 heterocycles. The smallest absolute Gasteiger partial charge is 0.269 e. The molecule has 2 aromatic rings. The van der Waals surface area contributed by atoms with Crippen molar-refractivity contribution in [2.24, 2.45) is 5.73 Å². The number of anilines is 2. The largest absolute Gasteiger partial charge is 0.356 e. The van der Waals surface area contributed by atoms with Crippen LogP contribution in [0.1, 0.15) is 5.56 Å². The number of hydrazine groups is 1. The van der Waals surface area contributed by atoms with Crippen LogP contribution in [0.4, 0.5) is 17.1 Å². The van der Waals surface area contributed by atoms with E-state index < -0.39 is 10.5 Å². The van der Waals surface area contributed by atoms with Crippen molar-refractivity contribution in [3.05, 3.63) is 64.2 Å². The average Bonchev–Trinajstić information content (AvgIpc) is 2.96. The first-order valence-corrected chi connectivity index (χ1v) is 6.93. The molecule has 0 spiro atoms. The minimum absolute atomic E-state index is 0.0761. The molecular weight excluding hydrogens is 282 g/mol. The van der Waals surface area contributed by atoms with E-state index in [9.17, 15) is 10.1 Å². The predicted octanol–water partition coefficient (Wildman–Crippen LogP) is 1.60. The van der Waals surface area contributed by atoms with Gasteiger partial charge >= 0.3 is 0 Å². The third kappa shape index (κ3) is 2.91. The predicted molar refractivity (Wildman–Crippen MR) is 84.7 cm³/mol. The van der Waals surface area contributed by atoms with Crippen LogP contribution in [0, 0.1) is 10.1 Å². The molecule has 22 heavy (non-hydrogen) atoms. The van der Waals surface area contributed by atoms with Gasteiger partial charge in [-0.05, 0) is 29.8 Å². The molecule has 0 saturated carbocycles. The van der Waals surface area contributed by atoms with Crippen LogP contribution in [0.2, 0.25) is 0 Å². The molecule has 0 unspecified atom stereocenters. The minimum Gasteiger partial charge on any atom is -0.356 e. The minimum atomic E-state index is -0.414. The van der Waals surface area contributed by atoms with Crippen molar-refractivity contribution in [1.82, 2.24) is 10.9 Å². The van der Waals surface area contributed by atoms with Crippen molar-refractivity contribution in [3.8, 4) is 0 Å². The van der Waals surface area contributed by atoms with Crippen molar-refractivity contribution in [2.45, 2.75) is 5.54 Å². The van der Waals surface area contributed by atoms with Crippen LogP contribution in [0.15, 0.2) is 48.5 Å². The first-order chi connectivity index (χ1) is 10.6. The average molecular weight is 299 g/mol.